The second-order valence-electron chi connectivity index (χ2n) is 5.64. The molecule has 102 valence electrons. The zero-order valence-corrected chi connectivity index (χ0v) is 12.4. The Kier molecular flexibility index (Phi) is 6.30. The molecule has 1 aromatic rings. The predicted molar refractivity (Wildman–Crippen MR) is 77.5 cm³/mol. The maximum absolute atomic E-state index is 4.06. The summed E-state index contributed by atoms with van der Waals surface area (Å²) in [5, 5.41) is 3.54. The smallest absolute Gasteiger partial charge is 0.0271 e. The molecule has 0 amide bonds. The summed E-state index contributed by atoms with van der Waals surface area (Å²) < 4.78 is 0. The van der Waals surface area contributed by atoms with Crippen LogP contribution in [0.25, 0.3) is 0 Å². The third-order valence-electron chi connectivity index (χ3n) is 3.25. The van der Waals surface area contributed by atoms with Crippen LogP contribution in [0.4, 0.5) is 0 Å². The molecule has 1 aromatic heterocycles. The van der Waals surface area contributed by atoms with Gasteiger partial charge < -0.3 is 5.32 Å². The Hall–Kier alpha value is -0.930. The molecule has 1 N–H and O–H groups in total. The van der Waals surface area contributed by atoms with Crippen LogP contribution < -0.4 is 5.32 Å². The molecular weight excluding hydrogens is 222 g/mol. The number of likely N-dealkylation sites (N-methyl/N-ethyl adjacent to an activating group) is 1. The van der Waals surface area contributed by atoms with Gasteiger partial charge in [-0.05, 0) is 30.7 Å². The summed E-state index contributed by atoms with van der Waals surface area (Å²) in [6.45, 7) is 11.0. The van der Waals surface area contributed by atoms with Gasteiger partial charge in [-0.2, -0.15) is 0 Å². The average molecular weight is 249 g/mol. The molecule has 0 bridgehead atoms. The van der Waals surface area contributed by atoms with Crippen LogP contribution in [-0.2, 0) is 6.54 Å². The first kappa shape index (κ1) is 15.1. The Morgan fingerprint density at radius 3 is 2.28 bits per heavy atom. The fraction of sp³-hybridized carbons (Fsp3) is 0.667. The average Bonchev–Trinajstić information content (AvgIpc) is 2.29. The van der Waals surface area contributed by atoms with Crippen LogP contribution in [0.1, 0.15) is 33.3 Å². The minimum absolute atomic E-state index is 0.542. The molecule has 0 aliphatic carbocycles. The number of pyridine rings is 1. The monoisotopic (exact) mass is 249 g/mol. The zero-order valence-electron chi connectivity index (χ0n) is 12.4. The molecule has 1 unspecified atom stereocenters. The van der Waals surface area contributed by atoms with Crippen LogP contribution in [0.15, 0.2) is 24.5 Å². The zero-order chi connectivity index (χ0) is 13.5. The normalized spacial score (nSPS) is 13.6. The van der Waals surface area contributed by atoms with Crippen molar-refractivity contribution < 1.29 is 0 Å². The fourth-order valence-electron chi connectivity index (χ4n) is 2.15. The van der Waals surface area contributed by atoms with Gasteiger partial charge in [0.05, 0.1) is 0 Å². The molecule has 0 aromatic carbocycles. The maximum Gasteiger partial charge on any atom is 0.0271 e. The molecule has 0 aliphatic rings. The van der Waals surface area contributed by atoms with E-state index in [0.29, 0.717) is 18.0 Å². The molecule has 3 heteroatoms. The van der Waals surface area contributed by atoms with Gasteiger partial charge in [-0.3, -0.25) is 9.88 Å². The van der Waals surface area contributed by atoms with E-state index in [-0.39, 0.29) is 0 Å². The van der Waals surface area contributed by atoms with Gasteiger partial charge in [0.25, 0.3) is 0 Å². The molecule has 0 spiro atoms. The first-order chi connectivity index (χ1) is 8.50. The highest BCUT2D eigenvalue weighted by Gasteiger charge is 2.18. The van der Waals surface area contributed by atoms with Crippen LogP contribution in [0.2, 0.25) is 0 Å². The van der Waals surface area contributed by atoms with Crippen molar-refractivity contribution in [2.24, 2.45) is 5.92 Å². The van der Waals surface area contributed by atoms with E-state index >= 15 is 0 Å². The highest BCUT2D eigenvalue weighted by molar-refractivity contribution is 5.09. The van der Waals surface area contributed by atoms with Crippen LogP contribution >= 0.6 is 0 Å². The van der Waals surface area contributed by atoms with Gasteiger partial charge in [0.2, 0.25) is 0 Å². The highest BCUT2D eigenvalue weighted by atomic mass is 15.2. The molecule has 1 atom stereocenters. The summed E-state index contributed by atoms with van der Waals surface area (Å²) in [5.74, 6) is 0.642. The summed E-state index contributed by atoms with van der Waals surface area (Å²) in [6, 6.07) is 5.27. The molecule has 0 radical (unpaired) electrons. The SMILES string of the molecule is CC(C)NCC(C(C)C)N(C)Cc1ccncc1. The van der Waals surface area contributed by atoms with Crippen molar-refractivity contribution >= 4 is 0 Å². The number of nitrogens with zero attached hydrogens (tertiary/aromatic N) is 2. The first-order valence-electron chi connectivity index (χ1n) is 6.83. The predicted octanol–water partition coefficient (Wildman–Crippen LogP) is 2.54. The Bertz CT molecular complexity index is 322. The molecule has 0 fully saturated rings. The van der Waals surface area contributed by atoms with Gasteiger partial charge in [-0.15, -0.1) is 0 Å². The lowest BCUT2D eigenvalue weighted by atomic mass is 10.0. The third kappa shape index (κ3) is 5.15. The number of rotatable bonds is 7. The lowest BCUT2D eigenvalue weighted by Crippen LogP contribution is -2.44. The van der Waals surface area contributed by atoms with Crippen molar-refractivity contribution in [1.82, 2.24) is 15.2 Å². The molecule has 18 heavy (non-hydrogen) atoms. The quantitative estimate of drug-likeness (QED) is 0.805. The van der Waals surface area contributed by atoms with Crippen LogP contribution in [0.5, 0.6) is 0 Å². The van der Waals surface area contributed by atoms with E-state index in [2.05, 4.69) is 62.1 Å². The highest BCUT2D eigenvalue weighted by Crippen LogP contribution is 2.12. The van der Waals surface area contributed by atoms with E-state index in [4.69, 9.17) is 0 Å². The lowest BCUT2D eigenvalue weighted by molar-refractivity contribution is 0.177. The number of hydrogen-bond acceptors (Lipinski definition) is 3. The molecule has 0 saturated heterocycles. The minimum Gasteiger partial charge on any atom is -0.313 e. The van der Waals surface area contributed by atoms with Crippen molar-refractivity contribution in [3.63, 3.8) is 0 Å². The molecular formula is C15H27N3. The largest absolute Gasteiger partial charge is 0.313 e. The van der Waals surface area contributed by atoms with E-state index in [1.165, 1.54) is 5.56 Å². The number of hydrogen-bond donors (Lipinski definition) is 1. The van der Waals surface area contributed by atoms with Gasteiger partial charge in [0.15, 0.2) is 0 Å². The molecule has 1 heterocycles. The first-order valence-corrected chi connectivity index (χ1v) is 6.83. The minimum atomic E-state index is 0.542. The second-order valence-corrected chi connectivity index (χ2v) is 5.64. The Morgan fingerprint density at radius 2 is 1.78 bits per heavy atom. The molecule has 0 saturated carbocycles. The summed E-state index contributed by atoms with van der Waals surface area (Å²) in [4.78, 5) is 6.49. The fourth-order valence-corrected chi connectivity index (χ4v) is 2.15. The van der Waals surface area contributed by atoms with Crippen molar-refractivity contribution in [1.29, 1.82) is 0 Å². The third-order valence-corrected chi connectivity index (χ3v) is 3.25. The van der Waals surface area contributed by atoms with Crippen molar-refractivity contribution in [2.75, 3.05) is 13.6 Å². The number of nitrogens with one attached hydrogen (secondary N) is 1. The summed E-state index contributed by atoms with van der Waals surface area (Å²) in [7, 11) is 2.20. The lowest BCUT2D eigenvalue weighted by Gasteiger charge is -2.32. The Balaban J connectivity index is 2.57. The van der Waals surface area contributed by atoms with E-state index < -0.39 is 0 Å². The van der Waals surface area contributed by atoms with Gasteiger partial charge >= 0.3 is 0 Å². The Labute approximate surface area is 112 Å². The van der Waals surface area contributed by atoms with E-state index in [1.54, 1.807) is 0 Å². The van der Waals surface area contributed by atoms with Crippen molar-refractivity contribution in [2.45, 2.75) is 46.3 Å². The van der Waals surface area contributed by atoms with Crippen LogP contribution in [-0.4, -0.2) is 35.6 Å². The van der Waals surface area contributed by atoms with Gasteiger partial charge in [-0.1, -0.05) is 27.7 Å². The summed E-state index contributed by atoms with van der Waals surface area (Å²) in [6.07, 6.45) is 3.72. The second kappa shape index (κ2) is 7.49. The van der Waals surface area contributed by atoms with Crippen LogP contribution in [0.3, 0.4) is 0 Å². The standard InChI is InChI=1S/C15H27N3/c1-12(2)15(10-17-13(3)4)18(5)11-14-6-8-16-9-7-14/h6-9,12-13,15,17H,10-11H2,1-5H3. The van der Waals surface area contributed by atoms with E-state index in [0.717, 1.165) is 13.1 Å². The summed E-state index contributed by atoms with van der Waals surface area (Å²) in [5.41, 5.74) is 1.32. The molecule has 3 nitrogen and oxygen atoms in total. The molecule has 0 aliphatic heterocycles. The van der Waals surface area contributed by atoms with E-state index in [9.17, 15) is 0 Å². The Morgan fingerprint density at radius 1 is 1.17 bits per heavy atom. The van der Waals surface area contributed by atoms with Gasteiger partial charge in [0.1, 0.15) is 0 Å². The van der Waals surface area contributed by atoms with Crippen molar-refractivity contribution in [3.05, 3.63) is 30.1 Å². The topological polar surface area (TPSA) is 28.2 Å². The maximum atomic E-state index is 4.06. The van der Waals surface area contributed by atoms with E-state index in [1.807, 2.05) is 12.4 Å². The van der Waals surface area contributed by atoms with Crippen LogP contribution in [0, 0.1) is 5.92 Å². The molecule has 1 rings (SSSR count). The summed E-state index contributed by atoms with van der Waals surface area (Å²) >= 11 is 0. The van der Waals surface area contributed by atoms with Gasteiger partial charge in [0, 0.05) is 37.6 Å². The van der Waals surface area contributed by atoms with Gasteiger partial charge in [-0.25, -0.2) is 0 Å². The number of aromatic nitrogens is 1. The van der Waals surface area contributed by atoms with Crippen molar-refractivity contribution in [3.8, 4) is 0 Å².